The molecule has 0 unspecified atom stereocenters. The summed E-state index contributed by atoms with van der Waals surface area (Å²) in [7, 11) is 0. The molecule has 7 heteroatoms. The predicted octanol–water partition coefficient (Wildman–Crippen LogP) is 5.89. The number of pyridine rings is 1. The molecule has 0 N–H and O–H groups in total. The van der Waals surface area contributed by atoms with Gasteiger partial charge in [-0.2, -0.15) is 0 Å². The highest BCUT2D eigenvalue weighted by Gasteiger charge is 2.44. The third kappa shape index (κ3) is 5.16. The maximum absolute atomic E-state index is 13.9. The zero-order chi connectivity index (χ0) is 28.5. The van der Waals surface area contributed by atoms with Gasteiger partial charge in [-0.1, -0.05) is 60.7 Å². The van der Waals surface area contributed by atoms with Gasteiger partial charge in [0.1, 0.15) is 11.4 Å². The van der Waals surface area contributed by atoms with E-state index in [2.05, 4.69) is 4.90 Å². The van der Waals surface area contributed by atoms with Crippen LogP contribution in [0.25, 0.3) is 22.5 Å². The predicted molar refractivity (Wildman–Crippen MR) is 162 cm³/mol. The SMILES string of the molecule is O=C1CC2(CCN(C(=O)c3cc(-c4ccccc4)nc(-c4ccccc4)c3)CC2)Oc2ccc(N3CCOCC3)cc21. The molecular weight excluding hydrogens is 526 g/mol. The molecule has 0 radical (unpaired) electrons. The van der Waals surface area contributed by atoms with Crippen molar-refractivity contribution in [2.45, 2.75) is 24.9 Å². The molecule has 1 spiro atoms. The number of ether oxygens (including phenoxy) is 2. The van der Waals surface area contributed by atoms with Crippen molar-refractivity contribution in [3.63, 3.8) is 0 Å². The molecule has 3 aliphatic heterocycles. The van der Waals surface area contributed by atoms with E-state index in [4.69, 9.17) is 14.5 Å². The maximum atomic E-state index is 13.9. The number of rotatable bonds is 4. The summed E-state index contributed by atoms with van der Waals surface area (Å²) in [6.07, 6.45) is 1.55. The highest BCUT2D eigenvalue weighted by molar-refractivity contribution is 6.01. The molecule has 212 valence electrons. The van der Waals surface area contributed by atoms with E-state index in [0.29, 0.717) is 62.4 Å². The topological polar surface area (TPSA) is 72.0 Å². The lowest BCUT2D eigenvalue weighted by Crippen LogP contribution is -2.52. The van der Waals surface area contributed by atoms with Crippen molar-refractivity contribution in [2.24, 2.45) is 0 Å². The number of anilines is 1. The quantitative estimate of drug-likeness (QED) is 0.310. The third-order valence-electron chi connectivity index (χ3n) is 8.62. The first-order chi connectivity index (χ1) is 20.6. The van der Waals surface area contributed by atoms with Crippen molar-refractivity contribution < 1.29 is 19.1 Å². The van der Waals surface area contributed by atoms with Gasteiger partial charge in [0, 0.05) is 61.4 Å². The van der Waals surface area contributed by atoms with E-state index in [-0.39, 0.29) is 11.7 Å². The minimum absolute atomic E-state index is 0.0284. The van der Waals surface area contributed by atoms with Crippen LogP contribution in [0.4, 0.5) is 5.69 Å². The van der Waals surface area contributed by atoms with E-state index >= 15 is 0 Å². The number of carbonyl (C=O) groups excluding carboxylic acids is 2. The number of hydrogen-bond acceptors (Lipinski definition) is 6. The molecular formula is C35H33N3O4. The van der Waals surface area contributed by atoms with Crippen molar-refractivity contribution in [3.8, 4) is 28.3 Å². The molecule has 42 heavy (non-hydrogen) atoms. The van der Waals surface area contributed by atoms with E-state index in [1.807, 2.05) is 95.9 Å². The molecule has 1 aromatic heterocycles. The smallest absolute Gasteiger partial charge is 0.254 e. The lowest BCUT2D eigenvalue weighted by molar-refractivity contribution is -0.00570. The molecule has 0 bridgehead atoms. The summed E-state index contributed by atoms with van der Waals surface area (Å²) in [5.74, 6) is 0.733. The number of Topliss-reactive ketones (excluding diaryl/α,β-unsaturated/α-hetero) is 1. The number of piperidine rings is 1. The summed E-state index contributed by atoms with van der Waals surface area (Å²) < 4.78 is 12.0. The first-order valence-corrected chi connectivity index (χ1v) is 14.7. The van der Waals surface area contributed by atoms with Crippen molar-refractivity contribution in [2.75, 3.05) is 44.3 Å². The molecule has 1 amide bonds. The molecule has 4 heterocycles. The Bertz CT molecular complexity index is 1550. The Morgan fingerprint density at radius 1 is 0.762 bits per heavy atom. The largest absolute Gasteiger partial charge is 0.486 e. The maximum Gasteiger partial charge on any atom is 0.254 e. The summed E-state index contributed by atoms with van der Waals surface area (Å²) in [6.45, 7) is 4.08. The Balaban J connectivity index is 1.10. The van der Waals surface area contributed by atoms with Gasteiger partial charge in [-0.25, -0.2) is 4.98 Å². The Morgan fingerprint density at radius 3 is 2.00 bits per heavy atom. The van der Waals surface area contributed by atoms with Crippen LogP contribution in [-0.4, -0.2) is 66.6 Å². The van der Waals surface area contributed by atoms with Gasteiger partial charge in [0.2, 0.25) is 0 Å². The van der Waals surface area contributed by atoms with E-state index < -0.39 is 5.60 Å². The van der Waals surface area contributed by atoms with E-state index in [1.54, 1.807) is 0 Å². The standard InChI is InChI=1S/C35H33N3O4/c39-32-24-35(42-33-12-11-28(23-29(32)33)37-17-19-41-20-18-37)13-15-38(16-14-35)34(40)27-21-30(25-7-3-1-4-8-25)36-31(22-27)26-9-5-2-6-10-26/h1-12,21-23H,13-20,24H2. The van der Waals surface area contributed by atoms with E-state index in [0.717, 1.165) is 41.3 Å². The zero-order valence-corrected chi connectivity index (χ0v) is 23.5. The summed E-state index contributed by atoms with van der Waals surface area (Å²) in [4.78, 5) is 36.3. The van der Waals surface area contributed by atoms with Gasteiger partial charge in [-0.05, 0) is 30.3 Å². The van der Waals surface area contributed by atoms with Crippen LogP contribution in [0.3, 0.4) is 0 Å². The molecule has 4 aromatic rings. The van der Waals surface area contributed by atoms with Crippen molar-refractivity contribution in [3.05, 3.63) is 102 Å². The van der Waals surface area contributed by atoms with Crippen LogP contribution in [-0.2, 0) is 4.74 Å². The molecule has 2 saturated heterocycles. The third-order valence-corrected chi connectivity index (χ3v) is 8.62. The number of fused-ring (bicyclic) bond motifs is 1. The first kappa shape index (κ1) is 26.4. The van der Waals surface area contributed by atoms with Crippen LogP contribution in [0.2, 0.25) is 0 Å². The minimum atomic E-state index is -0.579. The summed E-state index contributed by atoms with van der Waals surface area (Å²) >= 11 is 0. The highest BCUT2D eigenvalue weighted by atomic mass is 16.5. The summed E-state index contributed by atoms with van der Waals surface area (Å²) in [5.41, 5.74) is 5.18. The number of likely N-dealkylation sites (tertiary alicyclic amines) is 1. The average molecular weight is 560 g/mol. The van der Waals surface area contributed by atoms with Crippen LogP contribution in [0.5, 0.6) is 5.75 Å². The number of benzene rings is 3. The molecule has 7 rings (SSSR count). The van der Waals surface area contributed by atoms with Gasteiger partial charge in [0.15, 0.2) is 5.78 Å². The number of morpholine rings is 1. The Kier molecular flexibility index (Phi) is 6.96. The molecule has 0 atom stereocenters. The Hall–Kier alpha value is -4.49. The van der Waals surface area contributed by atoms with E-state index in [9.17, 15) is 9.59 Å². The molecule has 3 aliphatic rings. The lowest BCUT2D eigenvalue weighted by Gasteiger charge is -2.44. The zero-order valence-electron chi connectivity index (χ0n) is 23.5. The van der Waals surface area contributed by atoms with Gasteiger partial charge in [0.25, 0.3) is 5.91 Å². The first-order valence-electron chi connectivity index (χ1n) is 14.7. The molecule has 0 saturated carbocycles. The number of carbonyl (C=O) groups is 2. The average Bonchev–Trinajstić information content (AvgIpc) is 3.06. The van der Waals surface area contributed by atoms with Crippen LogP contribution < -0.4 is 9.64 Å². The second-order valence-corrected chi connectivity index (χ2v) is 11.3. The van der Waals surface area contributed by atoms with Gasteiger partial charge < -0.3 is 19.3 Å². The number of aromatic nitrogens is 1. The number of hydrogen-bond donors (Lipinski definition) is 0. The molecule has 3 aromatic carbocycles. The van der Waals surface area contributed by atoms with Gasteiger partial charge in [-0.3, -0.25) is 9.59 Å². The number of nitrogens with zero attached hydrogens (tertiary/aromatic N) is 3. The lowest BCUT2D eigenvalue weighted by atomic mass is 9.82. The Labute approximate surface area is 245 Å². The van der Waals surface area contributed by atoms with Crippen LogP contribution in [0.1, 0.15) is 40.0 Å². The fourth-order valence-electron chi connectivity index (χ4n) is 6.25. The highest BCUT2D eigenvalue weighted by Crippen LogP contribution is 2.41. The van der Waals surface area contributed by atoms with Gasteiger partial charge >= 0.3 is 0 Å². The molecule has 2 fully saturated rings. The number of ketones is 1. The van der Waals surface area contributed by atoms with Crippen molar-refractivity contribution in [1.29, 1.82) is 0 Å². The fourth-order valence-corrected chi connectivity index (χ4v) is 6.25. The minimum Gasteiger partial charge on any atom is -0.486 e. The second kappa shape index (κ2) is 11.1. The van der Waals surface area contributed by atoms with Crippen molar-refractivity contribution in [1.82, 2.24) is 9.88 Å². The van der Waals surface area contributed by atoms with Crippen LogP contribution in [0.15, 0.2) is 91.0 Å². The van der Waals surface area contributed by atoms with E-state index in [1.165, 1.54) is 0 Å². The van der Waals surface area contributed by atoms with Crippen LogP contribution >= 0.6 is 0 Å². The van der Waals surface area contributed by atoms with Crippen molar-refractivity contribution >= 4 is 17.4 Å². The Morgan fingerprint density at radius 2 is 1.38 bits per heavy atom. The van der Waals surface area contributed by atoms with Gasteiger partial charge in [0.05, 0.1) is 36.6 Å². The fraction of sp³-hybridized carbons (Fsp3) is 0.286. The normalized spacial score (nSPS) is 18.0. The summed E-state index contributed by atoms with van der Waals surface area (Å²) in [6, 6.07) is 29.6. The monoisotopic (exact) mass is 559 g/mol. The summed E-state index contributed by atoms with van der Waals surface area (Å²) in [5, 5.41) is 0. The number of amides is 1. The second-order valence-electron chi connectivity index (χ2n) is 11.3. The van der Waals surface area contributed by atoms with Gasteiger partial charge in [-0.15, -0.1) is 0 Å². The van der Waals surface area contributed by atoms with Crippen LogP contribution in [0, 0.1) is 0 Å². The molecule has 7 nitrogen and oxygen atoms in total. The molecule has 0 aliphatic carbocycles.